The van der Waals surface area contributed by atoms with Crippen LogP contribution in [0.5, 0.6) is 5.75 Å². The van der Waals surface area contributed by atoms with Crippen molar-refractivity contribution in [2.45, 2.75) is 37.5 Å². The molecule has 9 heteroatoms. The standard InChI is InChI=1S/C23H25ClN2O4S2/c1-2-3-11-30-18-9-6-8-17(13-18)26-20-14-32(28,29)15-21(20)31-23(26)25-22(27)12-16-7-4-5-10-19(16)24/h4-10,13,20-21H,2-3,11-12,14-15H2,1H3/t20-,21+/m1/s1. The van der Waals surface area contributed by atoms with Crippen LogP contribution in [0, 0.1) is 0 Å². The van der Waals surface area contributed by atoms with Crippen LogP contribution in [0.3, 0.4) is 0 Å². The first-order valence-corrected chi connectivity index (χ1v) is 13.7. The fourth-order valence-electron chi connectivity index (χ4n) is 3.87. The molecule has 0 saturated carbocycles. The van der Waals surface area contributed by atoms with Crippen LogP contribution in [-0.4, -0.2) is 48.9 Å². The summed E-state index contributed by atoms with van der Waals surface area (Å²) in [5, 5.41) is 0.895. The van der Waals surface area contributed by atoms with Crippen LogP contribution in [-0.2, 0) is 21.1 Å². The predicted molar refractivity (Wildman–Crippen MR) is 131 cm³/mol. The van der Waals surface area contributed by atoms with Gasteiger partial charge in [-0.1, -0.05) is 61.0 Å². The van der Waals surface area contributed by atoms with Crippen molar-refractivity contribution >= 4 is 50.0 Å². The molecule has 2 fully saturated rings. The third kappa shape index (κ3) is 5.30. The number of halogens is 1. The molecule has 2 saturated heterocycles. The second kappa shape index (κ2) is 9.85. The molecule has 2 aromatic carbocycles. The van der Waals surface area contributed by atoms with Crippen LogP contribution < -0.4 is 9.64 Å². The number of carbonyl (C=O) groups is 1. The number of ether oxygens (including phenoxy) is 1. The number of fused-ring (bicyclic) bond motifs is 1. The summed E-state index contributed by atoms with van der Waals surface area (Å²) in [4.78, 5) is 19.0. The normalized spacial score (nSPS) is 22.8. The highest BCUT2D eigenvalue weighted by molar-refractivity contribution is 8.16. The zero-order valence-electron chi connectivity index (χ0n) is 17.7. The maximum Gasteiger partial charge on any atom is 0.252 e. The smallest absolute Gasteiger partial charge is 0.252 e. The van der Waals surface area contributed by atoms with E-state index in [4.69, 9.17) is 16.3 Å². The Morgan fingerprint density at radius 1 is 1.22 bits per heavy atom. The summed E-state index contributed by atoms with van der Waals surface area (Å²) in [5.41, 5.74) is 1.49. The Balaban J connectivity index is 1.62. The molecule has 0 aliphatic carbocycles. The molecule has 2 aliphatic rings. The van der Waals surface area contributed by atoms with Gasteiger partial charge in [0.25, 0.3) is 5.91 Å². The van der Waals surface area contributed by atoms with Crippen molar-refractivity contribution in [2.24, 2.45) is 4.99 Å². The van der Waals surface area contributed by atoms with Crippen LogP contribution in [0.2, 0.25) is 5.02 Å². The highest BCUT2D eigenvalue weighted by Gasteiger charge is 2.49. The van der Waals surface area contributed by atoms with Crippen molar-refractivity contribution in [3.8, 4) is 5.75 Å². The fourth-order valence-corrected chi connectivity index (χ4v) is 8.01. The molecule has 0 unspecified atom stereocenters. The van der Waals surface area contributed by atoms with E-state index in [2.05, 4.69) is 11.9 Å². The number of rotatable bonds is 7. The highest BCUT2D eigenvalue weighted by atomic mass is 35.5. The lowest BCUT2D eigenvalue weighted by Crippen LogP contribution is -2.37. The Kier molecular flexibility index (Phi) is 7.12. The Bertz CT molecular complexity index is 1140. The molecule has 0 bridgehead atoms. The minimum Gasteiger partial charge on any atom is -0.494 e. The number of hydrogen-bond donors (Lipinski definition) is 0. The Hall–Kier alpha value is -2.03. The van der Waals surface area contributed by atoms with E-state index in [1.165, 1.54) is 11.8 Å². The average Bonchev–Trinajstić information content (AvgIpc) is 3.20. The van der Waals surface area contributed by atoms with Crippen LogP contribution in [0.15, 0.2) is 53.5 Å². The quantitative estimate of drug-likeness (QED) is 0.534. The van der Waals surface area contributed by atoms with Gasteiger partial charge in [0.15, 0.2) is 15.0 Å². The molecular formula is C23H25ClN2O4S2. The Morgan fingerprint density at radius 3 is 2.81 bits per heavy atom. The van der Waals surface area contributed by atoms with Crippen molar-refractivity contribution in [1.82, 2.24) is 0 Å². The van der Waals surface area contributed by atoms with Crippen LogP contribution in [0.4, 0.5) is 5.69 Å². The molecule has 4 rings (SSSR count). The van der Waals surface area contributed by atoms with E-state index in [0.29, 0.717) is 28.1 Å². The molecular weight excluding hydrogens is 468 g/mol. The molecule has 2 aliphatic heterocycles. The Morgan fingerprint density at radius 2 is 2.03 bits per heavy atom. The number of amides is 1. The summed E-state index contributed by atoms with van der Waals surface area (Å²) < 4.78 is 30.4. The monoisotopic (exact) mass is 492 g/mol. The van der Waals surface area contributed by atoms with Gasteiger partial charge in [0.2, 0.25) is 0 Å². The molecule has 2 atom stereocenters. The van der Waals surface area contributed by atoms with E-state index in [-0.39, 0.29) is 35.1 Å². The SMILES string of the molecule is CCCCOc1cccc(N2C(=NC(=O)Cc3ccccc3Cl)S[C@H]3CS(=O)(=O)C[C@H]32)c1. The zero-order valence-corrected chi connectivity index (χ0v) is 20.1. The molecule has 170 valence electrons. The maximum atomic E-state index is 12.8. The molecule has 1 amide bonds. The van der Waals surface area contributed by atoms with E-state index in [1.807, 2.05) is 41.3 Å². The van der Waals surface area contributed by atoms with Crippen LogP contribution >= 0.6 is 23.4 Å². The summed E-state index contributed by atoms with van der Waals surface area (Å²) in [6, 6.07) is 14.5. The third-order valence-electron chi connectivity index (χ3n) is 5.45. The predicted octanol–water partition coefficient (Wildman–Crippen LogP) is 4.36. The molecule has 6 nitrogen and oxygen atoms in total. The van der Waals surface area contributed by atoms with Gasteiger partial charge in [0.1, 0.15) is 5.75 Å². The number of sulfone groups is 1. The van der Waals surface area contributed by atoms with Crippen molar-refractivity contribution in [2.75, 3.05) is 23.0 Å². The highest BCUT2D eigenvalue weighted by Crippen LogP contribution is 2.41. The largest absolute Gasteiger partial charge is 0.494 e. The van der Waals surface area contributed by atoms with Crippen LogP contribution in [0.1, 0.15) is 25.3 Å². The molecule has 2 aromatic rings. The van der Waals surface area contributed by atoms with Gasteiger partial charge in [-0.05, 0) is 30.2 Å². The van der Waals surface area contributed by atoms with Gasteiger partial charge in [-0.2, -0.15) is 4.99 Å². The number of amidine groups is 1. The number of unbranched alkanes of at least 4 members (excludes halogenated alkanes) is 1. The van der Waals surface area contributed by atoms with E-state index >= 15 is 0 Å². The van der Waals surface area contributed by atoms with Crippen molar-refractivity contribution in [3.63, 3.8) is 0 Å². The Labute approximate surface area is 197 Å². The van der Waals surface area contributed by atoms with Gasteiger partial charge >= 0.3 is 0 Å². The lowest BCUT2D eigenvalue weighted by atomic mass is 10.1. The minimum atomic E-state index is -3.13. The van der Waals surface area contributed by atoms with Gasteiger partial charge < -0.3 is 9.64 Å². The number of nitrogens with zero attached hydrogens (tertiary/aromatic N) is 2. The van der Waals surface area contributed by atoms with Gasteiger partial charge in [-0.3, -0.25) is 4.79 Å². The van der Waals surface area contributed by atoms with Crippen molar-refractivity contribution in [1.29, 1.82) is 0 Å². The molecule has 32 heavy (non-hydrogen) atoms. The van der Waals surface area contributed by atoms with E-state index in [1.54, 1.807) is 12.1 Å². The first kappa shape index (κ1) is 23.1. The second-order valence-corrected chi connectivity index (χ2v) is 11.7. The summed E-state index contributed by atoms with van der Waals surface area (Å²) in [6.07, 6.45) is 2.08. The summed E-state index contributed by atoms with van der Waals surface area (Å²) in [7, 11) is -3.13. The minimum absolute atomic E-state index is 0.0450. The van der Waals surface area contributed by atoms with Gasteiger partial charge in [0.05, 0.1) is 30.6 Å². The second-order valence-electron chi connectivity index (χ2n) is 7.93. The average molecular weight is 493 g/mol. The van der Waals surface area contributed by atoms with Crippen molar-refractivity contribution in [3.05, 3.63) is 59.1 Å². The molecule has 0 aromatic heterocycles. The number of thioether (sulfide) groups is 1. The number of aliphatic imine (C=N–C) groups is 1. The first-order chi connectivity index (χ1) is 15.4. The topological polar surface area (TPSA) is 76.0 Å². The number of anilines is 1. The van der Waals surface area contributed by atoms with Crippen LogP contribution in [0.25, 0.3) is 0 Å². The van der Waals surface area contributed by atoms with E-state index < -0.39 is 9.84 Å². The molecule has 0 N–H and O–H groups in total. The van der Waals surface area contributed by atoms with Crippen molar-refractivity contribution < 1.29 is 17.9 Å². The summed E-state index contributed by atoms with van der Waals surface area (Å²) in [6.45, 7) is 2.72. The lowest BCUT2D eigenvalue weighted by molar-refractivity contribution is -0.117. The number of hydrogen-bond acceptors (Lipinski definition) is 5. The first-order valence-electron chi connectivity index (χ1n) is 10.6. The zero-order chi connectivity index (χ0) is 22.7. The van der Waals surface area contributed by atoms with Gasteiger partial charge in [0, 0.05) is 22.0 Å². The number of benzene rings is 2. The molecule has 0 spiro atoms. The number of carbonyl (C=O) groups excluding carboxylic acids is 1. The molecule has 2 heterocycles. The maximum absolute atomic E-state index is 12.8. The lowest BCUT2D eigenvalue weighted by Gasteiger charge is -2.25. The summed E-state index contributed by atoms with van der Waals surface area (Å²) in [5.74, 6) is 0.530. The third-order valence-corrected chi connectivity index (χ3v) is 9.03. The fraction of sp³-hybridized carbons (Fsp3) is 0.391. The van der Waals surface area contributed by atoms with Gasteiger partial charge in [-0.15, -0.1) is 0 Å². The van der Waals surface area contributed by atoms with Gasteiger partial charge in [-0.25, -0.2) is 8.42 Å². The van der Waals surface area contributed by atoms with E-state index in [0.717, 1.165) is 18.5 Å². The summed E-state index contributed by atoms with van der Waals surface area (Å²) >= 11 is 7.55. The molecule has 0 radical (unpaired) electrons. The van der Waals surface area contributed by atoms with E-state index in [9.17, 15) is 13.2 Å².